The van der Waals surface area contributed by atoms with Gasteiger partial charge < -0.3 is 16.2 Å². The van der Waals surface area contributed by atoms with E-state index < -0.39 is 0 Å². The SMILES string of the molecule is Nc1nccnc1NC1(CO)CCCCC1. The Bertz CT molecular complexity index is 350. The fraction of sp³-hybridized carbons (Fsp3) is 0.636. The van der Waals surface area contributed by atoms with Crippen LogP contribution in [-0.4, -0.2) is 27.2 Å². The highest BCUT2D eigenvalue weighted by atomic mass is 16.3. The van der Waals surface area contributed by atoms with Crippen LogP contribution >= 0.6 is 0 Å². The Morgan fingerprint density at radius 3 is 2.56 bits per heavy atom. The van der Waals surface area contributed by atoms with Gasteiger partial charge in [-0.2, -0.15) is 0 Å². The Hall–Kier alpha value is -1.36. The van der Waals surface area contributed by atoms with Gasteiger partial charge in [-0.3, -0.25) is 0 Å². The van der Waals surface area contributed by atoms with Crippen molar-refractivity contribution in [1.82, 2.24) is 9.97 Å². The van der Waals surface area contributed by atoms with Crippen LogP contribution in [0, 0.1) is 0 Å². The number of anilines is 2. The summed E-state index contributed by atoms with van der Waals surface area (Å²) in [7, 11) is 0. The van der Waals surface area contributed by atoms with Crippen LogP contribution in [0.15, 0.2) is 12.4 Å². The molecule has 0 radical (unpaired) electrons. The lowest BCUT2D eigenvalue weighted by molar-refractivity contribution is 0.172. The van der Waals surface area contributed by atoms with Crippen molar-refractivity contribution in [3.8, 4) is 0 Å². The van der Waals surface area contributed by atoms with Crippen LogP contribution in [0.1, 0.15) is 32.1 Å². The summed E-state index contributed by atoms with van der Waals surface area (Å²) in [6.07, 6.45) is 8.58. The smallest absolute Gasteiger partial charge is 0.169 e. The van der Waals surface area contributed by atoms with Gasteiger partial charge in [-0.15, -0.1) is 0 Å². The molecule has 2 rings (SSSR count). The van der Waals surface area contributed by atoms with E-state index in [2.05, 4.69) is 15.3 Å². The number of aliphatic hydroxyl groups excluding tert-OH is 1. The molecule has 0 aromatic carbocycles. The molecule has 0 bridgehead atoms. The highest BCUT2D eigenvalue weighted by Gasteiger charge is 2.32. The molecule has 1 aliphatic carbocycles. The van der Waals surface area contributed by atoms with E-state index in [9.17, 15) is 5.11 Å². The lowest BCUT2D eigenvalue weighted by atomic mass is 9.82. The molecule has 4 N–H and O–H groups in total. The maximum atomic E-state index is 9.54. The van der Waals surface area contributed by atoms with E-state index in [-0.39, 0.29) is 12.1 Å². The number of aliphatic hydroxyl groups is 1. The molecule has 1 aromatic rings. The Morgan fingerprint density at radius 1 is 1.25 bits per heavy atom. The van der Waals surface area contributed by atoms with E-state index in [0.29, 0.717) is 11.6 Å². The average molecular weight is 222 g/mol. The Kier molecular flexibility index (Phi) is 3.24. The number of nitrogens with one attached hydrogen (secondary N) is 1. The summed E-state index contributed by atoms with van der Waals surface area (Å²) in [6.45, 7) is 0.114. The molecule has 0 amide bonds. The van der Waals surface area contributed by atoms with Crippen LogP contribution in [-0.2, 0) is 0 Å². The van der Waals surface area contributed by atoms with Crippen molar-refractivity contribution >= 4 is 11.6 Å². The monoisotopic (exact) mass is 222 g/mol. The lowest BCUT2D eigenvalue weighted by Gasteiger charge is -2.37. The predicted molar refractivity (Wildman–Crippen MR) is 63.0 cm³/mol. The Balaban J connectivity index is 2.15. The molecule has 0 unspecified atom stereocenters. The molecule has 0 aliphatic heterocycles. The first-order valence-electron chi connectivity index (χ1n) is 5.71. The van der Waals surface area contributed by atoms with Gasteiger partial charge in [-0.1, -0.05) is 19.3 Å². The predicted octanol–water partition coefficient (Wildman–Crippen LogP) is 1.17. The minimum Gasteiger partial charge on any atom is -0.394 e. The zero-order chi connectivity index (χ0) is 11.4. The minimum absolute atomic E-state index is 0.114. The molecule has 88 valence electrons. The second-order valence-corrected chi connectivity index (χ2v) is 4.41. The van der Waals surface area contributed by atoms with Gasteiger partial charge in [0.15, 0.2) is 11.6 Å². The summed E-state index contributed by atoms with van der Waals surface area (Å²) >= 11 is 0. The molecule has 1 aromatic heterocycles. The van der Waals surface area contributed by atoms with Crippen molar-refractivity contribution in [3.63, 3.8) is 0 Å². The quantitative estimate of drug-likeness (QED) is 0.715. The Morgan fingerprint density at radius 2 is 1.94 bits per heavy atom. The van der Waals surface area contributed by atoms with Gasteiger partial charge in [0, 0.05) is 12.4 Å². The van der Waals surface area contributed by atoms with Crippen molar-refractivity contribution in [2.45, 2.75) is 37.6 Å². The van der Waals surface area contributed by atoms with Crippen molar-refractivity contribution in [2.24, 2.45) is 0 Å². The summed E-state index contributed by atoms with van der Waals surface area (Å²) in [4.78, 5) is 8.14. The van der Waals surface area contributed by atoms with Gasteiger partial charge in [0.25, 0.3) is 0 Å². The highest BCUT2D eigenvalue weighted by Crippen LogP contribution is 2.31. The average Bonchev–Trinajstić information content (AvgIpc) is 2.33. The zero-order valence-electron chi connectivity index (χ0n) is 9.32. The maximum absolute atomic E-state index is 9.54. The number of rotatable bonds is 3. The van der Waals surface area contributed by atoms with Gasteiger partial charge in [0.1, 0.15) is 0 Å². The fourth-order valence-electron chi connectivity index (χ4n) is 2.25. The first-order chi connectivity index (χ1) is 7.76. The number of aromatic nitrogens is 2. The molecule has 0 saturated heterocycles. The third-order valence-electron chi connectivity index (χ3n) is 3.22. The van der Waals surface area contributed by atoms with Crippen LogP contribution in [0.5, 0.6) is 0 Å². The second-order valence-electron chi connectivity index (χ2n) is 4.41. The van der Waals surface area contributed by atoms with E-state index >= 15 is 0 Å². The maximum Gasteiger partial charge on any atom is 0.169 e. The summed E-state index contributed by atoms with van der Waals surface area (Å²) in [5, 5.41) is 12.8. The molecule has 5 nitrogen and oxygen atoms in total. The largest absolute Gasteiger partial charge is 0.394 e. The van der Waals surface area contributed by atoms with Crippen LogP contribution < -0.4 is 11.1 Å². The van der Waals surface area contributed by atoms with Gasteiger partial charge in [0.2, 0.25) is 0 Å². The summed E-state index contributed by atoms with van der Waals surface area (Å²) in [6, 6.07) is 0. The molecular formula is C11H18N4O. The zero-order valence-corrected chi connectivity index (χ0v) is 9.32. The number of nitrogens with zero attached hydrogens (tertiary/aromatic N) is 2. The fourth-order valence-corrected chi connectivity index (χ4v) is 2.25. The van der Waals surface area contributed by atoms with Crippen molar-refractivity contribution in [1.29, 1.82) is 0 Å². The normalized spacial score (nSPS) is 19.3. The third-order valence-corrected chi connectivity index (χ3v) is 3.22. The third kappa shape index (κ3) is 2.24. The van der Waals surface area contributed by atoms with Gasteiger partial charge in [-0.05, 0) is 12.8 Å². The second kappa shape index (κ2) is 4.65. The molecule has 0 spiro atoms. The van der Waals surface area contributed by atoms with Crippen molar-refractivity contribution in [2.75, 3.05) is 17.7 Å². The summed E-state index contributed by atoms with van der Waals surface area (Å²) < 4.78 is 0. The molecule has 1 heterocycles. The first-order valence-corrected chi connectivity index (χ1v) is 5.71. The highest BCUT2D eigenvalue weighted by molar-refractivity contribution is 5.56. The van der Waals surface area contributed by atoms with E-state index in [1.807, 2.05) is 0 Å². The van der Waals surface area contributed by atoms with Gasteiger partial charge >= 0.3 is 0 Å². The van der Waals surface area contributed by atoms with Crippen molar-refractivity contribution in [3.05, 3.63) is 12.4 Å². The molecule has 0 atom stereocenters. The van der Waals surface area contributed by atoms with Crippen LogP contribution in [0.3, 0.4) is 0 Å². The minimum atomic E-state index is -0.262. The van der Waals surface area contributed by atoms with Crippen LogP contribution in [0.25, 0.3) is 0 Å². The summed E-state index contributed by atoms with van der Waals surface area (Å²) in [5.41, 5.74) is 5.47. The standard InChI is InChI=1S/C11H18N4O/c12-9-10(14-7-6-13-9)15-11(8-16)4-2-1-3-5-11/h6-7,16H,1-5,8H2,(H2,12,13)(H,14,15). The van der Waals surface area contributed by atoms with E-state index in [1.54, 1.807) is 12.4 Å². The number of hydrogen-bond acceptors (Lipinski definition) is 5. The van der Waals surface area contributed by atoms with E-state index in [0.717, 1.165) is 25.7 Å². The molecule has 1 saturated carbocycles. The van der Waals surface area contributed by atoms with Gasteiger partial charge in [-0.25, -0.2) is 9.97 Å². The lowest BCUT2D eigenvalue weighted by Crippen LogP contribution is -2.44. The molecule has 16 heavy (non-hydrogen) atoms. The first kappa shape index (κ1) is 11.1. The number of nitrogens with two attached hydrogens (primary N) is 1. The van der Waals surface area contributed by atoms with Crippen LogP contribution in [0.4, 0.5) is 11.6 Å². The molecule has 1 aliphatic rings. The van der Waals surface area contributed by atoms with Gasteiger partial charge in [0.05, 0.1) is 12.1 Å². The topological polar surface area (TPSA) is 84.1 Å². The molecular weight excluding hydrogens is 204 g/mol. The Labute approximate surface area is 95.1 Å². The van der Waals surface area contributed by atoms with Crippen LogP contribution in [0.2, 0.25) is 0 Å². The molecule has 5 heteroatoms. The molecule has 1 fully saturated rings. The number of hydrogen-bond donors (Lipinski definition) is 3. The van der Waals surface area contributed by atoms with E-state index in [1.165, 1.54) is 6.42 Å². The number of nitrogen functional groups attached to an aromatic ring is 1. The van der Waals surface area contributed by atoms with E-state index in [4.69, 9.17) is 5.73 Å². The van der Waals surface area contributed by atoms with Crippen molar-refractivity contribution < 1.29 is 5.11 Å². The summed E-state index contributed by atoms with van der Waals surface area (Å²) in [5.74, 6) is 0.972.